The molecule has 0 bridgehead atoms. The first kappa shape index (κ1) is 12.2. The van der Waals surface area contributed by atoms with E-state index in [2.05, 4.69) is 26.2 Å². The largest absolute Gasteiger partial charge is 0.379 e. The highest BCUT2D eigenvalue weighted by molar-refractivity contribution is 9.09. The van der Waals surface area contributed by atoms with Crippen LogP contribution in [0.5, 0.6) is 0 Å². The number of amides is 1. The highest BCUT2D eigenvalue weighted by atomic mass is 79.9. The standard InChI is InChI=1S/C9H14BrN3O2/c1-13-6-8(12-7-13)9(14)11-3-5-15-4-2-10/h6-7H,2-5H2,1H3,(H,11,14). The minimum absolute atomic E-state index is 0.168. The molecular formula is C9H14BrN3O2. The van der Waals surface area contributed by atoms with E-state index in [-0.39, 0.29) is 5.91 Å². The van der Waals surface area contributed by atoms with E-state index >= 15 is 0 Å². The molecule has 84 valence electrons. The number of hydrogen-bond acceptors (Lipinski definition) is 3. The SMILES string of the molecule is Cn1cnc(C(=O)NCCOCCBr)c1. The molecule has 0 fully saturated rings. The second kappa shape index (κ2) is 6.58. The number of nitrogens with one attached hydrogen (secondary N) is 1. The number of nitrogens with zero attached hydrogens (tertiary/aromatic N) is 2. The zero-order valence-corrected chi connectivity index (χ0v) is 10.2. The number of carbonyl (C=O) groups is 1. The third kappa shape index (κ3) is 4.44. The molecule has 0 atom stereocenters. The third-order valence-corrected chi connectivity index (χ3v) is 2.01. The van der Waals surface area contributed by atoms with E-state index < -0.39 is 0 Å². The molecule has 1 heterocycles. The van der Waals surface area contributed by atoms with Gasteiger partial charge in [-0.3, -0.25) is 4.79 Å². The molecule has 1 rings (SSSR count). The lowest BCUT2D eigenvalue weighted by Crippen LogP contribution is -2.27. The Morgan fingerprint density at radius 1 is 1.67 bits per heavy atom. The number of halogens is 1. The van der Waals surface area contributed by atoms with Gasteiger partial charge in [-0.15, -0.1) is 0 Å². The molecule has 5 nitrogen and oxygen atoms in total. The Kier molecular flexibility index (Phi) is 5.34. The maximum absolute atomic E-state index is 11.4. The van der Waals surface area contributed by atoms with Gasteiger partial charge in [-0.25, -0.2) is 4.98 Å². The molecule has 0 saturated carbocycles. The Morgan fingerprint density at radius 3 is 3.07 bits per heavy atom. The first-order valence-electron chi connectivity index (χ1n) is 4.64. The van der Waals surface area contributed by atoms with Crippen molar-refractivity contribution in [2.24, 2.45) is 7.05 Å². The summed E-state index contributed by atoms with van der Waals surface area (Å²) in [5.74, 6) is -0.168. The third-order valence-electron chi connectivity index (χ3n) is 1.69. The van der Waals surface area contributed by atoms with Crippen molar-refractivity contribution in [3.63, 3.8) is 0 Å². The van der Waals surface area contributed by atoms with Gasteiger partial charge in [-0.1, -0.05) is 15.9 Å². The predicted octanol–water partition coefficient (Wildman–Crippen LogP) is 0.561. The van der Waals surface area contributed by atoms with Crippen LogP contribution < -0.4 is 5.32 Å². The number of imidazole rings is 1. The molecule has 1 amide bonds. The second-order valence-corrected chi connectivity index (χ2v) is 3.77. The van der Waals surface area contributed by atoms with Crippen molar-refractivity contribution in [1.82, 2.24) is 14.9 Å². The molecule has 0 aromatic carbocycles. The molecule has 1 N–H and O–H groups in total. The van der Waals surface area contributed by atoms with E-state index in [1.165, 1.54) is 0 Å². The summed E-state index contributed by atoms with van der Waals surface area (Å²) in [5.41, 5.74) is 0.429. The van der Waals surface area contributed by atoms with Gasteiger partial charge in [0.2, 0.25) is 0 Å². The van der Waals surface area contributed by atoms with E-state index in [9.17, 15) is 4.79 Å². The Morgan fingerprint density at radius 2 is 2.47 bits per heavy atom. The van der Waals surface area contributed by atoms with Gasteiger partial charge in [0.25, 0.3) is 5.91 Å². The van der Waals surface area contributed by atoms with Gasteiger partial charge in [0.1, 0.15) is 5.69 Å². The van der Waals surface area contributed by atoms with Crippen LogP contribution in [0.3, 0.4) is 0 Å². The van der Waals surface area contributed by atoms with Crippen LogP contribution in [-0.2, 0) is 11.8 Å². The average molecular weight is 276 g/mol. The van der Waals surface area contributed by atoms with Crippen molar-refractivity contribution in [1.29, 1.82) is 0 Å². The van der Waals surface area contributed by atoms with E-state index in [4.69, 9.17) is 4.74 Å². The molecule has 0 radical (unpaired) electrons. The smallest absolute Gasteiger partial charge is 0.271 e. The van der Waals surface area contributed by atoms with Crippen LogP contribution >= 0.6 is 15.9 Å². The van der Waals surface area contributed by atoms with Gasteiger partial charge >= 0.3 is 0 Å². The summed E-state index contributed by atoms with van der Waals surface area (Å²) in [6.07, 6.45) is 3.27. The average Bonchev–Trinajstić information content (AvgIpc) is 2.64. The highest BCUT2D eigenvalue weighted by Gasteiger charge is 2.06. The fraction of sp³-hybridized carbons (Fsp3) is 0.556. The molecule has 0 spiro atoms. The van der Waals surface area contributed by atoms with Crippen molar-refractivity contribution in [3.8, 4) is 0 Å². The minimum Gasteiger partial charge on any atom is -0.379 e. The highest BCUT2D eigenvalue weighted by Crippen LogP contribution is 1.92. The maximum Gasteiger partial charge on any atom is 0.271 e. The summed E-state index contributed by atoms with van der Waals surface area (Å²) in [6, 6.07) is 0. The number of aryl methyl sites for hydroxylation is 1. The Hall–Kier alpha value is -0.880. The fourth-order valence-corrected chi connectivity index (χ4v) is 1.24. The van der Waals surface area contributed by atoms with Gasteiger partial charge in [-0.2, -0.15) is 0 Å². The molecule has 0 aliphatic carbocycles. The summed E-state index contributed by atoms with van der Waals surface area (Å²) >= 11 is 3.24. The zero-order valence-electron chi connectivity index (χ0n) is 8.57. The molecule has 0 saturated heterocycles. The quantitative estimate of drug-likeness (QED) is 0.610. The number of hydrogen-bond donors (Lipinski definition) is 1. The normalized spacial score (nSPS) is 10.3. The van der Waals surface area contributed by atoms with Crippen LogP contribution in [0.15, 0.2) is 12.5 Å². The fourth-order valence-electron chi connectivity index (χ4n) is 1.01. The van der Waals surface area contributed by atoms with Crippen molar-refractivity contribution in [3.05, 3.63) is 18.2 Å². The van der Waals surface area contributed by atoms with Crippen LogP contribution in [0.4, 0.5) is 0 Å². The second-order valence-electron chi connectivity index (χ2n) is 2.98. The van der Waals surface area contributed by atoms with E-state index in [0.717, 1.165) is 5.33 Å². The number of alkyl halides is 1. The molecule has 1 aromatic rings. The molecule has 0 aliphatic rings. The summed E-state index contributed by atoms with van der Waals surface area (Å²) in [5, 5.41) is 3.52. The van der Waals surface area contributed by atoms with Crippen LogP contribution in [0.25, 0.3) is 0 Å². The zero-order chi connectivity index (χ0) is 11.1. The Bertz CT molecular complexity index is 314. The maximum atomic E-state index is 11.4. The van der Waals surface area contributed by atoms with Crippen molar-refractivity contribution in [2.75, 3.05) is 25.1 Å². The van der Waals surface area contributed by atoms with Crippen LogP contribution in [-0.4, -0.2) is 40.5 Å². The lowest BCUT2D eigenvalue weighted by Gasteiger charge is -2.03. The number of aromatic nitrogens is 2. The summed E-state index contributed by atoms with van der Waals surface area (Å²) in [4.78, 5) is 15.4. The summed E-state index contributed by atoms with van der Waals surface area (Å²) in [7, 11) is 1.82. The van der Waals surface area contributed by atoms with Crippen molar-refractivity contribution in [2.45, 2.75) is 0 Å². The topological polar surface area (TPSA) is 56.2 Å². The monoisotopic (exact) mass is 275 g/mol. The van der Waals surface area contributed by atoms with Crippen LogP contribution in [0, 0.1) is 0 Å². The van der Waals surface area contributed by atoms with Gasteiger partial charge in [0.05, 0.1) is 19.5 Å². The minimum atomic E-state index is -0.168. The number of ether oxygens (including phenoxy) is 1. The van der Waals surface area contributed by atoms with Gasteiger partial charge in [-0.05, 0) is 0 Å². The molecular weight excluding hydrogens is 262 g/mol. The van der Waals surface area contributed by atoms with E-state index in [1.54, 1.807) is 17.1 Å². The van der Waals surface area contributed by atoms with Crippen LogP contribution in [0.1, 0.15) is 10.5 Å². The van der Waals surface area contributed by atoms with Crippen molar-refractivity contribution < 1.29 is 9.53 Å². The lowest BCUT2D eigenvalue weighted by atomic mass is 10.4. The van der Waals surface area contributed by atoms with E-state index in [0.29, 0.717) is 25.5 Å². The first-order valence-corrected chi connectivity index (χ1v) is 5.76. The molecule has 0 aliphatic heterocycles. The van der Waals surface area contributed by atoms with Gasteiger partial charge in [0, 0.05) is 25.1 Å². The molecule has 6 heteroatoms. The van der Waals surface area contributed by atoms with Gasteiger partial charge < -0.3 is 14.6 Å². The Balaban J connectivity index is 2.19. The van der Waals surface area contributed by atoms with E-state index in [1.807, 2.05) is 7.05 Å². The molecule has 1 aromatic heterocycles. The Labute approximate surface area is 97.0 Å². The first-order chi connectivity index (χ1) is 7.24. The van der Waals surface area contributed by atoms with Crippen LogP contribution in [0.2, 0.25) is 0 Å². The lowest BCUT2D eigenvalue weighted by molar-refractivity contribution is 0.0919. The molecule has 15 heavy (non-hydrogen) atoms. The number of rotatable bonds is 6. The summed E-state index contributed by atoms with van der Waals surface area (Å²) < 4.78 is 6.92. The summed E-state index contributed by atoms with van der Waals surface area (Å²) in [6.45, 7) is 1.67. The molecule has 0 unspecified atom stereocenters. The van der Waals surface area contributed by atoms with Crippen molar-refractivity contribution >= 4 is 21.8 Å². The predicted molar refractivity (Wildman–Crippen MR) is 60.2 cm³/mol. The van der Waals surface area contributed by atoms with Gasteiger partial charge in [0.15, 0.2) is 0 Å². The number of carbonyl (C=O) groups excluding carboxylic acids is 1.